The summed E-state index contributed by atoms with van der Waals surface area (Å²) in [7, 11) is 1.27. The first-order chi connectivity index (χ1) is 9.90. The fraction of sp³-hybridized carbons (Fsp3) is 0.462. The van der Waals surface area contributed by atoms with Crippen molar-refractivity contribution in [2.45, 2.75) is 26.3 Å². The Kier molecular flexibility index (Phi) is 6.16. The molecule has 4 N–H and O–H groups in total. The van der Waals surface area contributed by atoms with Gasteiger partial charge in [0.15, 0.2) is 0 Å². The first-order valence-corrected chi connectivity index (χ1v) is 7.31. The highest BCUT2D eigenvalue weighted by atomic mass is 32.1. The molecule has 0 saturated heterocycles. The zero-order valence-corrected chi connectivity index (χ0v) is 13.0. The van der Waals surface area contributed by atoms with Crippen LogP contribution in [0.1, 0.15) is 29.9 Å². The number of ether oxygens (including phenoxy) is 1. The maximum absolute atomic E-state index is 12.3. The fourth-order valence-electron chi connectivity index (χ4n) is 1.72. The van der Waals surface area contributed by atoms with Gasteiger partial charge in [-0.25, -0.2) is 9.59 Å². The molecule has 0 radical (unpaired) electrons. The molecule has 1 rings (SSSR count). The molecule has 0 fully saturated rings. The minimum Gasteiger partial charge on any atom is -0.465 e. The van der Waals surface area contributed by atoms with Crippen LogP contribution in [0.2, 0.25) is 0 Å². The van der Waals surface area contributed by atoms with Gasteiger partial charge in [0.2, 0.25) is 5.91 Å². The van der Waals surface area contributed by atoms with E-state index < -0.39 is 23.9 Å². The maximum Gasteiger partial charge on any atom is 0.350 e. The Morgan fingerprint density at radius 2 is 2.10 bits per heavy atom. The van der Waals surface area contributed by atoms with Crippen molar-refractivity contribution in [2.24, 2.45) is 11.7 Å². The normalized spacial score (nSPS) is 13.1. The van der Waals surface area contributed by atoms with Gasteiger partial charge in [0.05, 0.1) is 12.8 Å². The highest BCUT2D eigenvalue weighted by molar-refractivity contribution is 7.12. The number of nitrogens with one attached hydrogen (secondary N) is 2. The maximum atomic E-state index is 12.3. The van der Waals surface area contributed by atoms with Crippen molar-refractivity contribution in [1.82, 2.24) is 5.32 Å². The molecule has 0 bridgehead atoms. The van der Waals surface area contributed by atoms with Crippen LogP contribution >= 0.6 is 11.3 Å². The van der Waals surface area contributed by atoms with Crippen LogP contribution in [-0.2, 0) is 9.53 Å². The van der Waals surface area contributed by atoms with Crippen LogP contribution in [0.5, 0.6) is 0 Å². The molecule has 0 aliphatic heterocycles. The summed E-state index contributed by atoms with van der Waals surface area (Å²) < 4.78 is 4.64. The van der Waals surface area contributed by atoms with Gasteiger partial charge in [0.1, 0.15) is 10.9 Å². The average molecular weight is 313 g/mol. The fourth-order valence-corrected chi connectivity index (χ4v) is 2.49. The Morgan fingerprint density at radius 3 is 2.62 bits per heavy atom. The van der Waals surface area contributed by atoms with Crippen LogP contribution in [0.3, 0.4) is 0 Å². The molecule has 0 spiro atoms. The molecule has 7 nitrogen and oxygen atoms in total. The van der Waals surface area contributed by atoms with E-state index in [0.717, 1.165) is 11.3 Å². The summed E-state index contributed by atoms with van der Waals surface area (Å²) in [5.74, 6) is -1.05. The summed E-state index contributed by atoms with van der Waals surface area (Å²) in [6, 6.07) is 0.0686. The molecule has 0 aliphatic carbocycles. The van der Waals surface area contributed by atoms with Gasteiger partial charge in [0, 0.05) is 0 Å². The molecule has 1 aromatic rings. The molecule has 1 heterocycles. The van der Waals surface area contributed by atoms with E-state index in [2.05, 4.69) is 15.4 Å². The molecule has 0 saturated carbocycles. The van der Waals surface area contributed by atoms with E-state index in [1.807, 2.05) is 13.8 Å². The largest absolute Gasteiger partial charge is 0.465 e. The van der Waals surface area contributed by atoms with Crippen molar-refractivity contribution in [2.75, 3.05) is 12.4 Å². The standard InChI is InChI=1S/C13H19N3O4S/c1-4-7(2)9(16-13(14)19)11(17)15-8-5-6-21-10(8)12(18)20-3/h5-7,9H,4H2,1-3H3,(H,15,17)(H3,14,16,19). The van der Waals surface area contributed by atoms with Crippen molar-refractivity contribution < 1.29 is 19.1 Å². The third-order valence-electron chi connectivity index (χ3n) is 3.09. The van der Waals surface area contributed by atoms with E-state index in [1.54, 1.807) is 11.4 Å². The monoisotopic (exact) mass is 313 g/mol. The lowest BCUT2D eigenvalue weighted by atomic mass is 9.98. The summed E-state index contributed by atoms with van der Waals surface area (Å²) in [6.07, 6.45) is 0.686. The number of methoxy groups -OCH3 is 1. The number of urea groups is 1. The van der Waals surface area contributed by atoms with Crippen LogP contribution < -0.4 is 16.4 Å². The predicted molar refractivity (Wildman–Crippen MR) is 80.3 cm³/mol. The average Bonchev–Trinajstić information content (AvgIpc) is 2.90. The molecule has 8 heteroatoms. The minimum atomic E-state index is -0.769. The van der Waals surface area contributed by atoms with E-state index in [1.165, 1.54) is 7.11 Å². The van der Waals surface area contributed by atoms with Gasteiger partial charge in [-0.1, -0.05) is 20.3 Å². The molecule has 1 aromatic heterocycles. The van der Waals surface area contributed by atoms with Gasteiger partial charge in [-0.15, -0.1) is 11.3 Å². The molecular weight excluding hydrogens is 294 g/mol. The van der Waals surface area contributed by atoms with Crippen molar-refractivity contribution in [3.8, 4) is 0 Å². The number of esters is 1. The number of hydrogen-bond donors (Lipinski definition) is 3. The Balaban J connectivity index is 2.89. The van der Waals surface area contributed by atoms with E-state index in [-0.39, 0.29) is 5.92 Å². The second-order valence-electron chi connectivity index (χ2n) is 4.52. The Bertz CT molecular complexity index is 529. The molecule has 0 aliphatic rings. The van der Waals surface area contributed by atoms with Gasteiger partial charge in [-0.3, -0.25) is 4.79 Å². The summed E-state index contributed by atoms with van der Waals surface area (Å²) in [6.45, 7) is 3.73. The summed E-state index contributed by atoms with van der Waals surface area (Å²) in [4.78, 5) is 35.2. The number of nitrogens with two attached hydrogens (primary N) is 1. The van der Waals surface area contributed by atoms with Gasteiger partial charge in [-0.05, 0) is 17.4 Å². The van der Waals surface area contributed by atoms with E-state index >= 15 is 0 Å². The summed E-state index contributed by atoms with van der Waals surface area (Å²) >= 11 is 1.16. The van der Waals surface area contributed by atoms with E-state index in [9.17, 15) is 14.4 Å². The van der Waals surface area contributed by atoms with Gasteiger partial charge in [0.25, 0.3) is 0 Å². The SMILES string of the molecule is CCC(C)C(NC(N)=O)C(=O)Nc1ccsc1C(=O)OC. The molecular formula is C13H19N3O4S. The minimum absolute atomic E-state index is 0.0993. The zero-order chi connectivity index (χ0) is 16.0. The van der Waals surface area contributed by atoms with Crippen LogP contribution in [0.4, 0.5) is 10.5 Å². The van der Waals surface area contributed by atoms with E-state index in [4.69, 9.17) is 5.73 Å². The second kappa shape index (κ2) is 7.63. The molecule has 116 valence electrons. The number of anilines is 1. The smallest absolute Gasteiger partial charge is 0.350 e. The third-order valence-corrected chi connectivity index (χ3v) is 3.98. The molecule has 2 atom stereocenters. The number of carbonyl (C=O) groups is 3. The highest BCUT2D eigenvalue weighted by Gasteiger charge is 2.26. The first-order valence-electron chi connectivity index (χ1n) is 6.43. The number of thiophene rings is 1. The number of rotatable bonds is 6. The molecule has 3 amide bonds. The lowest BCUT2D eigenvalue weighted by Crippen LogP contribution is -2.49. The number of hydrogen-bond acceptors (Lipinski definition) is 5. The second-order valence-corrected chi connectivity index (χ2v) is 5.43. The molecule has 2 unspecified atom stereocenters. The predicted octanol–water partition coefficient (Wildman–Crippen LogP) is 1.56. The van der Waals surface area contributed by atoms with Gasteiger partial charge >= 0.3 is 12.0 Å². The van der Waals surface area contributed by atoms with Crippen molar-refractivity contribution in [3.05, 3.63) is 16.3 Å². The van der Waals surface area contributed by atoms with Crippen LogP contribution in [0, 0.1) is 5.92 Å². The van der Waals surface area contributed by atoms with Gasteiger partial charge in [-0.2, -0.15) is 0 Å². The van der Waals surface area contributed by atoms with Crippen molar-refractivity contribution in [3.63, 3.8) is 0 Å². The summed E-state index contributed by atoms with van der Waals surface area (Å²) in [5, 5.41) is 6.71. The van der Waals surface area contributed by atoms with Gasteiger partial charge < -0.3 is 21.1 Å². The Labute approximate surface area is 126 Å². The highest BCUT2D eigenvalue weighted by Crippen LogP contribution is 2.23. The van der Waals surface area contributed by atoms with Crippen molar-refractivity contribution in [1.29, 1.82) is 0 Å². The summed E-state index contributed by atoms with van der Waals surface area (Å²) in [5.41, 5.74) is 5.45. The number of primary amides is 1. The Hall–Kier alpha value is -2.09. The molecule has 21 heavy (non-hydrogen) atoms. The molecule has 0 aromatic carbocycles. The lowest BCUT2D eigenvalue weighted by molar-refractivity contribution is -0.119. The van der Waals surface area contributed by atoms with Crippen LogP contribution in [-0.4, -0.2) is 31.1 Å². The Morgan fingerprint density at radius 1 is 1.43 bits per heavy atom. The van der Waals surface area contributed by atoms with Crippen LogP contribution in [0.15, 0.2) is 11.4 Å². The lowest BCUT2D eigenvalue weighted by Gasteiger charge is -2.22. The number of amides is 3. The van der Waals surface area contributed by atoms with Crippen LogP contribution in [0.25, 0.3) is 0 Å². The first kappa shape index (κ1) is 17.0. The quantitative estimate of drug-likeness (QED) is 0.692. The zero-order valence-electron chi connectivity index (χ0n) is 12.1. The third kappa shape index (κ3) is 4.45. The number of carbonyl (C=O) groups excluding carboxylic acids is 3. The van der Waals surface area contributed by atoms with Crippen molar-refractivity contribution >= 4 is 34.9 Å². The van der Waals surface area contributed by atoms with E-state index in [0.29, 0.717) is 17.0 Å². The topological polar surface area (TPSA) is 111 Å².